The van der Waals surface area contributed by atoms with Crippen LogP contribution in [0.1, 0.15) is 52.0 Å². The van der Waals surface area contributed by atoms with Gasteiger partial charge in [-0.2, -0.15) is 0 Å². The number of aliphatic hydroxyl groups is 1. The van der Waals surface area contributed by atoms with Gasteiger partial charge in [-0.1, -0.05) is 26.8 Å². The fourth-order valence-electron chi connectivity index (χ4n) is 6.47. The van der Waals surface area contributed by atoms with E-state index in [1.54, 1.807) is 0 Å². The summed E-state index contributed by atoms with van der Waals surface area (Å²) < 4.78 is 15.7. The molecule has 2 amide bonds. The van der Waals surface area contributed by atoms with Crippen LogP contribution in [-0.2, 0) is 20.9 Å². The van der Waals surface area contributed by atoms with Gasteiger partial charge in [0, 0.05) is 25.6 Å². The van der Waals surface area contributed by atoms with Gasteiger partial charge >= 0.3 is 0 Å². The number of aliphatic hydroxyl groups excluding tert-OH is 1. The van der Waals surface area contributed by atoms with Crippen LogP contribution in [0, 0.1) is 29.1 Å². The molecule has 0 aromatic heterocycles. The maximum Gasteiger partial charge on any atom is 0.246 e. The number of carbonyl (C=O) groups excluding carboxylic acids is 2. The molecule has 3 N–H and O–H groups in total. The number of ether oxygens (including phenoxy) is 3. The van der Waals surface area contributed by atoms with E-state index in [1.807, 2.05) is 25.1 Å². The smallest absolute Gasteiger partial charge is 0.246 e. The van der Waals surface area contributed by atoms with Crippen LogP contribution in [0.5, 0.6) is 11.5 Å². The molecule has 0 spiro atoms. The van der Waals surface area contributed by atoms with Crippen LogP contribution in [0.25, 0.3) is 0 Å². The molecule has 8 heteroatoms. The van der Waals surface area contributed by atoms with Crippen molar-refractivity contribution in [2.24, 2.45) is 29.1 Å². The first-order chi connectivity index (χ1) is 16.2. The average molecular weight is 475 g/mol. The number of amides is 2. The Morgan fingerprint density at radius 2 is 1.97 bits per heavy atom. The van der Waals surface area contributed by atoms with Crippen LogP contribution in [0.15, 0.2) is 18.2 Å². The molecule has 7 atom stereocenters. The molecule has 34 heavy (non-hydrogen) atoms. The largest absolute Gasteiger partial charge is 0.454 e. The van der Waals surface area contributed by atoms with Crippen molar-refractivity contribution in [2.75, 3.05) is 20.5 Å². The highest BCUT2D eigenvalue weighted by atomic mass is 16.7. The van der Waals surface area contributed by atoms with Gasteiger partial charge in [0.2, 0.25) is 18.6 Å². The molecular formula is C26H38N2O6. The van der Waals surface area contributed by atoms with Crippen molar-refractivity contribution in [3.8, 4) is 11.5 Å². The van der Waals surface area contributed by atoms with Crippen LogP contribution < -0.4 is 20.1 Å². The van der Waals surface area contributed by atoms with Crippen LogP contribution in [0.4, 0.5) is 0 Å². The normalized spacial score (nSPS) is 33.0. The maximum absolute atomic E-state index is 13.0. The van der Waals surface area contributed by atoms with Gasteiger partial charge in [0.15, 0.2) is 11.5 Å². The number of nitrogens with one attached hydrogen (secondary N) is 2. The van der Waals surface area contributed by atoms with E-state index in [2.05, 4.69) is 24.5 Å². The van der Waals surface area contributed by atoms with Gasteiger partial charge in [-0.15, -0.1) is 0 Å². The standard InChI is InChI=1S/C26H38N2O6/c1-15(25(31)27-12-17-5-6-20-21(11-17)34-14-33-20)18-7-9-26(3)10-8-19(28-22(29)13-32-4)16(2)23(26)24(18)30/h5-6,11,15-16,18-19,23-24,30H,7-10,12-14H2,1-4H3,(H,27,31)(H,28,29)/t15-,16+,18?,19-,23+,24-,26-/m0/s1. The molecule has 1 unspecified atom stereocenters. The summed E-state index contributed by atoms with van der Waals surface area (Å²) in [5.41, 5.74) is 0.956. The van der Waals surface area contributed by atoms with Crippen molar-refractivity contribution < 1.29 is 28.9 Å². The number of benzene rings is 1. The van der Waals surface area contributed by atoms with Crippen molar-refractivity contribution in [1.29, 1.82) is 0 Å². The zero-order valence-corrected chi connectivity index (χ0v) is 20.6. The van der Waals surface area contributed by atoms with Gasteiger partial charge in [-0.3, -0.25) is 9.59 Å². The first-order valence-corrected chi connectivity index (χ1v) is 12.4. The number of fused-ring (bicyclic) bond motifs is 2. The molecule has 2 aliphatic carbocycles. The lowest BCUT2D eigenvalue weighted by molar-refractivity contribution is -0.144. The van der Waals surface area contributed by atoms with Gasteiger partial charge in [-0.05, 0) is 66.5 Å². The summed E-state index contributed by atoms with van der Waals surface area (Å²) >= 11 is 0. The minimum absolute atomic E-state index is 0.00395. The predicted octanol–water partition coefficient (Wildman–Crippen LogP) is 2.62. The van der Waals surface area contributed by atoms with E-state index in [-0.39, 0.29) is 60.3 Å². The van der Waals surface area contributed by atoms with Crippen LogP contribution in [-0.4, -0.2) is 49.6 Å². The second-order valence-electron chi connectivity index (χ2n) is 10.6. The summed E-state index contributed by atoms with van der Waals surface area (Å²) in [5.74, 6) is 0.934. The third kappa shape index (κ3) is 4.89. The second kappa shape index (κ2) is 10.1. The first-order valence-electron chi connectivity index (χ1n) is 12.4. The molecule has 2 fully saturated rings. The highest BCUT2D eigenvalue weighted by Crippen LogP contribution is 2.55. The second-order valence-corrected chi connectivity index (χ2v) is 10.6. The lowest BCUT2D eigenvalue weighted by Gasteiger charge is -2.56. The first kappa shape index (κ1) is 24.8. The molecule has 1 aromatic carbocycles. The topological polar surface area (TPSA) is 106 Å². The van der Waals surface area contributed by atoms with Crippen LogP contribution in [0.2, 0.25) is 0 Å². The number of hydrogen-bond donors (Lipinski definition) is 3. The van der Waals surface area contributed by atoms with Crippen LogP contribution in [0.3, 0.4) is 0 Å². The fourth-order valence-corrected chi connectivity index (χ4v) is 6.47. The third-order valence-corrected chi connectivity index (χ3v) is 8.47. The third-order valence-electron chi connectivity index (χ3n) is 8.47. The van der Waals surface area contributed by atoms with E-state index >= 15 is 0 Å². The van der Waals surface area contributed by atoms with Gasteiger partial charge in [0.05, 0.1) is 6.10 Å². The molecule has 1 aliphatic heterocycles. The molecule has 1 heterocycles. The van der Waals surface area contributed by atoms with E-state index in [9.17, 15) is 14.7 Å². The Morgan fingerprint density at radius 1 is 1.24 bits per heavy atom. The summed E-state index contributed by atoms with van der Waals surface area (Å²) in [6.45, 7) is 6.94. The Bertz CT molecular complexity index is 907. The molecule has 0 bridgehead atoms. The summed E-state index contributed by atoms with van der Waals surface area (Å²) in [7, 11) is 1.51. The van der Waals surface area contributed by atoms with Gasteiger partial charge in [0.1, 0.15) is 6.61 Å². The Kier molecular flexibility index (Phi) is 7.38. The lowest BCUT2D eigenvalue weighted by Crippen LogP contribution is -2.58. The maximum atomic E-state index is 13.0. The van der Waals surface area contributed by atoms with E-state index < -0.39 is 6.10 Å². The summed E-state index contributed by atoms with van der Waals surface area (Å²) in [4.78, 5) is 25.2. The molecule has 1 aromatic rings. The zero-order chi connectivity index (χ0) is 24.5. The molecule has 0 saturated heterocycles. The van der Waals surface area contributed by atoms with E-state index in [4.69, 9.17) is 14.2 Å². The SMILES string of the molecule is COCC(=O)N[C@H]1CC[C@]2(C)CCC([C@H](C)C(=O)NCc3ccc4c(c3)OCO4)[C@H](O)[C@H]2[C@@H]1C. The van der Waals surface area contributed by atoms with Crippen molar-refractivity contribution in [3.63, 3.8) is 0 Å². The molecule has 2 saturated carbocycles. The quantitative estimate of drug-likeness (QED) is 0.561. The Labute approximate surface area is 201 Å². The summed E-state index contributed by atoms with van der Waals surface area (Å²) in [6.07, 6.45) is 3.05. The summed E-state index contributed by atoms with van der Waals surface area (Å²) in [5, 5.41) is 17.6. The minimum atomic E-state index is -0.595. The van der Waals surface area contributed by atoms with Crippen LogP contribution >= 0.6 is 0 Å². The molecule has 188 valence electrons. The van der Waals surface area contributed by atoms with Crippen molar-refractivity contribution in [2.45, 2.75) is 65.1 Å². The van der Waals surface area contributed by atoms with Gasteiger partial charge in [-0.25, -0.2) is 0 Å². The number of carbonyl (C=O) groups is 2. The predicted molar refractivity (Wildman–Crippen MR) is 126 cm³/mol. The molecular weight excluding hydrogens is 436 g/mol. The Hall–Kier alpha value is -2.32. The molecule has 4 rings (SSSR count). The van der Waals surface area contributed by atoms with Crippen molar-refractivity contribution in [1.82, 2.24) is 10.6 Å². The number of rotatable bonds is 7. The van der Waals surface area contributed by atoms with E-state index in [1.165, 1.54) is 7.11 Å². The highest BCUT2D eigenvalue weighted by molar-refractivity contribution is 5.79. The van der Waals surface area contributed by atoms with E-state index in [0.717, 1.165) is 37.0 Å². The minimum Gasteiger partial charge on any atom is -0.454 e. The Balaban J connectivity index is 1.39. The highest BCUT2D eigenvalue weighted by Gasteiger charge is 2.53. The van der Waals surface area contributed by atoms with Crippen molar-refractivity contribution >= 4 is 11.8 Å². The lowest BCUT2D eigenvalue weighted by atomic mass is 9.51. The number of hydrogen-bond acceptors (Lipinski definition) is 6. The Morgan fingerprint density at radius 3 is 2.74 bits per heavy atom. The molecule has 8 nitrogen and oxygen atoms in total. The fraction of sp³-hybridized carbons (Fsp3) is 0.692. The van der Waals surface area contributed by atoms with E-state index in [0.29, 0.717) is 12.3 Å². The number of methoxy groups -OCH3 is 1. The van der Waals surface area contributed by atoms with Crippen molar-refractivity contribution in [3.05, 3.63) is 23.8 Å². The van der Waals surface area contributed by atoms with Gasteiger partial charge < -0.3 is 30.0 Å². The molecule has 0 radical (unpaired) electrons. The van der Waals surface area contributed by atoms with Gasteiger partial charge in [0.25, 0.3) is 0 Å². The average Bonchev–Trinajstić information content (AvgIpc) is 3.27. The summed E-state index contributed by atoms with van der Waals surface area (Å²) in [6, 6.07) is 5.66. The molecule has 3 aliphatic rings. The monoisotopic (exact) mass is 474 g/mol. The zero-order valence-electron chi connectivity index (χ0n) is 20.6.